The largest absolute Gasteiger partial charge is 0.482 e. The predicted octanol–water partition coefficient (Wildman–Crippen LogP) is 3.49. The second kappa shape index (κ2) is 11.0. The molecular weight excluding hydrogens is 444 g/mol. The Balaban J connectivity index is 1.26. The maximum Gasteiger partial charge on any atom is 0.341 e. The van der Waals surface area contributed by atoms with Crippen molar-refractivity contribution in [1.29, 1.82) is 0 Å². The van der Waals surface area contributed by atoms with Crippen molar-refractivity contribution in [3.63, 3.8) is 0 Å². The zero-order valence-electron chi connectivity index (χ0n) is 18.1. The molecular formula is C24H25ClN4O4. The van der Waals surface area contributed by atoms with Crippen LogP contribution in [-0.2, 0) is 17.9 Å². The van der Waals surface area contributed by atoms with E-state index < -0.39 is 5.97 Å². The third kappa shape index (κ3) is 6.81. The predicted molar refractivity (Wildman–Crippen MR) is 125 cm³/mol. The SMILES string of the molecule is O=C(O)COc1ccc(CN2CCN(c3cncc(OCc4cccc(Cl)c4)n3)CC2)cc1. The van der Waals surface area contributed by atoms with Crippen molar-refractivity contribution in [1.82, 2.24) is 14.9 Å². The molecule has 4 rings (SSSR count). The van der Waals surface area contributed by atoms with Crippen molar-refractivity contribution in [2.75, 3.05) is 37.7 Å². The van der Waals surface area contributed by atoms with E-state index in [1.807, 2.05) is 36.4 Å². The van der Waals surface area contributed by atoms with Gasteiger partial charge in [-0.1, -0.05) is 35.9 Å². The number of nitrogens with zero attached hydrogens (tertiary/aromatic N) is 4. The molecule has 1 aromatic heterocycles. The van der Waals surface area contributed by atoms with Gasteiger partial charge in [0.1, 0.15) is 12.4 Å². The van der Waals surface area contributed by atoms with Gasteiger partial charge in [0, 0.05) is 37.7 Å². The Morgan fingerprint density at radius 1 is 1.00 bits per heavy atom. The van der Waals surface area contributed by atoms with E-state index in [0.29, 0.717) is 23.3 Å². The monoisotopic (exact) mass is 468 g/mol. The number of ether oxygens (including phenoxy) is 2. The fourth-order valence-corrected chi connectivity index (χ4v) is 3.79. The number of halogens is 1. The highest BCUT2D eigenvalue weighted by atomic mass is 35.5. The lowest BCUT2D eigenvalue weighted by atomic mass is 10.2. The van der Waals surface area contributed by atoms with Gasteiger partial charge < -0.3 is 19.5 Å². The molecule has 1 aliphatic heterocycles. The minimum atomic E-state index is -0.986. The number of aliphatic carboxylic acids is 1. The van der Waals surface area contributed by atoms with Crippen molar-refractivity contribution in [2.45, 2.75) is 13.2 Å². The summed E-state index contributed by atoms with van der Waals surface area (Å²) in [7, 11) is 0. The van der Waals surface area contributed by atoms with E-state index in [1.165, 1.54) is 0 Å². The lowest BCUT2D eigenvalue weighted by Crippen LogP contribution is -2.46. The minimum absolute atomic E-state index is 0.336. The number of rotatable bonds is 9. The first-order valence-corrected chi connectivity index (χ1v) is 11.0. The summed E-state index contributed by atoms with van der Waals surface area (Å²) in [6.07, 6.45) is 3.38. The summed E-state index contributed by atoms with van der Waals surface area (Å²) in [4.78, 5) is 24.1. The molecule has 0 aliphatic carbocycles. The minimum Gasteiger partial charge on any atom is -0.482 e. The third-order valence-corrected chi connectivity index (χ3v) is 5.50. The molecule has 172 valence electrons. The summed E-state index contributed by atoms with van der Waals surface area (Å²) in [6, 6.07) is 15.1. The molecule has 3 aromatic rings. The molecule has 1 N–H and O–H groups in total. The normalized spacial score (nSPS) is 14.2. The number of carboxylic acids is 1. The number of piperazine rings is 1. The van der Waals surface area contributed by atoms with Gasteiger partial charge in [-0.2, -0.15) is 4.98 Å². The molecule has 1 saturated heterocycles. The molecule has 0 bridgehead atoms. The highest BCUT2D eigenvalue weighted by molar-refractivity contribution is 6.30. The summed E-state index contributed by atoms with van der Waals surface area (Å²) in [5.41, 5.74) is 2.13. The first-order chi connectivity index (χ1) is 16.0. The third-order valence-electron chi connectivity index (χ3n) is 5.26. The first kappa shape index (κ1) is 22.8. The highest BCUT2D eigenvalue weighted by Crippen LogP contribution is 2.19. The van der Waals surface area contributed by atoms with E-state index in [0.717, 1.165) is 49.7 Å². The Morgan fingerprint density at radius 3 is 2.52 bits per heavy atom. The summed E-state index contributed by atoms with van der Waals surface area (Å²) in [5.74, 6) is 0.861. The maximum absolute atomic E-state index is 10.6. The molecule has 9 heteroatoms. The summed E-state index contributed by atoms with van der Waals surface area (Å²) < 4.78 is 11.0. The van der Waals surface area contributed by atoms with E-state index in [2.05, 4.69) is 19.8 Å². The zero-order valence-corrected chi connectivity index (χ0v) is 18.8. The van der Waals surface area contributed by atoms with Crippen LogP contribution in [0.3, 0.4) is 0 Å². The second-order valence-electron chi connectivity index (χ2n) is 7.72. The molecule has 0 amide bonds. The number of anilines is 1. The van der Waals surface area contributed by atoms with Crippen LogP contribution in [0.25, 0.3) is 0 Å². The Bertz CT molecular complexity index is 1070. The van der Waals surface area contributed by atoms with Crippen LogP contribution in [-0.4, -0.2) is 58.7 Å². The lowest BCUT2D eigenvalue weighted by molar-refractivity contribution is -0.139. The van der Waals surface area contributed by atoms with E-state index in [-0.39, 0.29) is 6.61 Å². The van der Waals surface area contributed by atoms with Gasteiger partial charge >= 0.3 is 5.97 Å². The van der Waals surface area contributed by atoms with Crippen molar-refractivity contribution < 1.29 is 19.4 Å². The number of hydrogen-bond acceptors (Lipinski definition) is 7. The highest BCUT2D eigenvalue weighted by Gasteiger charge is 2.19. The Hall–Kier alpha value is -3.36. The van der Waals surface area contributed by atoms with E-state index in [9.17, 15) is 4.79 Å². The van der Waals surface area contributed by atoms with E-state index in [1.54, 1.807) is 24.5 Å². The van der Waals surface area contributed by atoms with Gasteiger partial charge in [0.15, 0.2) is 12.4 Å². The summed E-state index contributed by atoms with van der Waals surface area (Å²) in [5, 5.41) is 9.37. The number of benzene rings is 2. The van der Waals surface area contributed by atoms with Crippen LogP contribution in [0.2, 0.25) is 5.02 Å². The smallest absolute Gasteiger partial charge is 0.341 e. The Labute approximate surface area is 197 Å². The molecule has 1 aliphatic rings. The summed E-state index contributed by atoms with van der Waals surface area (Å²) >= 11 is 6.03. The van der Waals surface area contributed by atoms with Crippen molar-refractivity contribution in [2.24, 2.45) is 0 Å². The van der Waals surface area contributed by atoms with Crippen molar-refractivity contribution in [3.05, 3.63) is 77.1 Å². The van der Waals surface area contributed by atoms with Crippen LogP contribution in [0.5, 0.6) is 11.6 Å². The number of carbonyl (C=O) groups is 1. The second-order valence-corrected chi connectivity index (χ2v) is 8.16. The molecule has 0 unspecified atom stereocenters. The molecule has 33 heavy (non-hydrogen) atoms. The molecule has 0 radical (unpaired) electrons. The van der Waals surface area contributed by atoms with Crippen LogP contribution < -0.4 is 14.4 Å². The van der Waals surface area contributed by atoms with Gasteiger partial charge in [-0.25, -0.2) is 4.79 Å². The zero-order chi connectivity index (χ0) is 23.0. The standard InChI is InChI=1S/C24H25ClN4O4/c25-20-3-1-2-19(12-20)16-33-23-14-26-13-22(27-23)29-10-8-28(9-11-29)15-18-4-6-21(7-5-18)32-17-24(30)31/h1-7,12-14H,8-11,15-17H2,(H,30,31). The van der Waals surface area contributed by atoms with Gasteiger partial charge in [0.2, 0.25) is 5.88 Å². The van der Waals surface area contributed by atoms with E-state index >= 15 is 0 Å². The van der Waals surface area contributed by atoms with Gasteiger partial charge in [0.25, 0.3) is 0 Å². The lowest BCUT2D eigenvalue weighted by Gasteiger charge is -2.35. The van der Waals surface area contributed by atoms with Crippen LogP contribution >= 0.6 is 11.6 Å². The van der Waals surface area contributed by atoms with Gasteiger partial charge in [-0.05, 0) is 35.4 Å². The Morgan fingerprint density at radius 2 is 1.79 bits per heavy atom. The molecule has 0 saturated carbocycles. The fraction of sp³-hybridized carbons (Fsp3) is 0.292. The van der Waals surface area contributed by atoms with Crippen molar-refractivity contribution in [3.8, 4) is 11.6 Å². The van der Waals surface area contributed by atoms with Gasteiger partial charge in [-0.3, -0.25) is 9.88 Å². The van der Waals surface area contributed by atoms with E-state index in [4.69, 9.17) is 26.2 Å². The van der Waals surface area contributed by atoms with Crippen molar-refractivity contribution >= 4 is 23.4 Å². The molecule has 0 atom stereocenters. The number of hydrogen-bond donors (Lipinski definition) is 1. The first-order valence-electron chi connectivity index (χ1n) is 10.7. The molecule has 2 heterocycles. The quantitative estimate of drug-likeness (QED) is 0.510. The summed E-state index contributed by atoms with van der Waals surface area (Å²) in [6.45, 7) is 4.34. The van der Waals surface area contributed by atoms with Crippen LogP contribution in [0.15, 0.2) is 60.9 Å². The number of aromatic nitrogens is 2. The fourth-order valence-electron chi connectivity index (χ4n) is 3.57. The molecule has 8 nitrogen and oxygen atoms in total. The van der Waals surface area contributed by atoms with Crippen LogP contribution in [0, 0.1) is 0 Å². The topological polar surface area (TPSA) is 88.0 Å². The molecule has 0 spiro atoms. The Kier molecular flexibility index (Phi) is 7.59. The maximum atomic E-state index is 10.6. The average Bonchev–Trinajstić information content (AvgIpc) is 2.83. The van der Waals surface area contributed by atoms with Gasteiger partial charge in [-0.15, -0.1) is 0 Å². The molecule has 2 aromatic carbocycles. The number of carboxylic acid groups (broad SMARTS) is 1. The van der Waals surface area contributed by atoms with Gasteiger partial charge in [0.05, 0.1) is 12.4 Å². The average molecular weight is 469 g/mol. The van der Waals surface area contributed by atoms with Crippen LogP contribution in [0.1, 0.15) is 11.1 Å². The molecule has 1 fully saturated rings. The van der Waals surface area contributed by atoms with Crippen LogP contribution in [0.4, 0.5) is 5.82 Å².